The summed E-state index contributed by atoms with van der Waals surface area (Å²) in [5.74, 6) is 0.111. The lowest BCUT2D eigenvalue weighted by molar-refractivity contribution is -0.110. The van der Waals surface area contributed by atoms with Gasteiger partial charge < -0.3 is 9.53 Å². The summed E-state index contributed by atoms with van der Waals surface area (Å²) in [4.78, 5) is 14.8. The minimum absolute atomic E-state index is 0.0486. The van der Waals surface area contributed by atoms with Crippen molar-refractivity contribution < 1.29 is 9.53 Å². The van der Waals surface area contributed by atoms with E-state index in [1.165, 1.54) is 0 Å². The normalized spacial score (nSPS) is 14.3. The van der Waals surface area contributed by atoms with Crippen molar-refractivity contribution in [3.63, 3.8) is 0 Å². The maximum atomic E-state index is 10.5. The van der Waals surface area contributed by atoms with Crippen LogP contribution in [-0.4, -0.2) is 18.4 Å². The van der Waals surface area contributed by atoms with Crippen LogP contribution in [0.2, 0.25) is 5.02 Å². The zero-order chi connectivity index (χ0) is 12.7. The fraction of sp³-hybridized carbons (Fsp3) is 0.538. The van der Waals surface area contributed by atoms with Gasteiger partial charge in [0.25, 0.3) is 0 Å². The summed E-state index contributed by atoms with van der Waals surface area (Å²) in [6.07, 6.45) is 5.28. The van der Waals surface area contributed by atoms with Gasteiger partial charge in [-0.05, 0) is 31.4 Å². The molecule has 1 aromatic heterocycles. The van der Waals surface area contributed by atoms with Crippen molar-refractivity contribution in [1.82, 2.24) is 4.98 Å². The molecule has 0 amide bonds. The number of halogens is 1. The summed E-state index contributed by atoms with van der Waals surface area (Å²) in [5.41, 5.74) is 0.846. The molecule has 4 heteroatoms. The Kier molecular flexibility index (Phi) is 6.16. The average molecular weight is 256 g/mol. The van der Waals surface area contributed by atoms with E-state index in [4.69, 9.17) is 16.3 Å². The van der Waals surface area contributed by atoms with Gasteiger partial charge in [-0.2, -0.15) is 0 Å². The Labute approximate surface area is 107 Å². The van der Waals surface area contributed by atoms with Crippen LogP contribution in [0.15, 0.2) is 18.3 Å². The predicted molar refractivity (Wildman–Crippen MR) is 68.1 cm³/mol. The Morgan fingerprint density at radius 1 is 1.53 bits per heavy atom. The maximum absolute atomic E-state index is 10.5. The molecular weight excluding hydrogens is 238 g/mol. The van der Waals surface area contributed by atoms with Gasteiger partial charge in [-0.15, -0.1) is 0 Å². The van der Waals surface area contributed by atoms with Crippen LogP contribution in [0.5, 0.6) is 0 Å². The lowest BCUT2D eigenvalue weighted by atomic mass is 10.0. The molecule has 94 valence electrons. The van der Waals surface area contributed by atoms with Crippen LogP contribution in [0, 0.1) is 5.92 Å². The molecular formula is C13H18ClNO2. The number of nitrogens with zero attached hydrogens (tertiary/aromatic N) is 1. The summed E-state index contributed by atoms with van der Waals surface area (Å²) >= 11 is 5.91. The number of carbonyl (C=O) groups excluding carboxylic acids is 1. The Balaban J connectivity index is 2.51. The highest BCUT2D eigenvalue weighted by Crippen LogP contribution is 2.23. The van der Waals surface area contributed by atoms with Crippen molar-refractivity contribution in [2.45, 2.75) is 32.3 Å². The molecule has 2 unspecified atom stereocenters. The van der Waals surface area contributed by atoms with Gasteiger partial charge in [-0.1, -0.05) is 18.5 Å². The van der Waals surface area contributed by atoms with Crippen LogP contribution < -0.4 is 0 Å². The van der Waals surface area contributed by atoms with Gasteiger partial charge in [-0.25, -0.2) is 0 Å². The SMILES string of the molecule is COC(CCCC(C)C=O)c1cc(Cl)ccn1. The Hall–Kier alpha value is -0.930. The van der Waals surface area contributed by atoms with Crippen molar-refractivity contribution in [2.24, 2.45) is 5.92 Å². The summed E-state index contributed by atoms with van der Waals surface area (Å²) in [6.45, 7) is 1.92. The van der Waals surface area contributed by atoms with Gasteiger partial charge >= 0.3 is 0 Å². The van der Waals surface area contributed by atoms with Crippen molar-refractivity contribution in [1.29, 1.82) is 0 Å². The van der Waals surface area contributed by atoms with Crippen molar-refractivity contribution >= 4 is 17.9 Å². The molecule has 0 aliphatic rings. The molecule has 0 aliphatic carbocycles. The second-order valence-corrected chi connectivity index (χ2v) is 4.60. The number of ether oxygens (including phenoxy) is 1. The number of hydrogen-bond acceptors (Lipinski definition) is 3. The number of carbonyl (C=O) groups is 1. The lowest BCUT2D eigenvalue weighted by Gasteiger charge is -2.15. The van der Waals surface area contributed by atoms with E-state index in [2.05, 4.69) is 4.98 Å². The summed E-state index contributed by atoms with van der Waals surface area (Å²) < 4.78 is 5.40. The minimum atomic E-state index is -0.0486. The first-order valence-corrected chi connectivity index (χ1v) is 6.14. The average Bonchev–Trinajstić information content (AvgIpc) is 2.34. The first kappa shape index (κ1) is 14.1. The highest BCUT2D eigenvalue weighted by atomic mass is 35.5. The van der Waals surface area contributed by atoms with E-state index in [1.807, 2.05) is 13.0 Å². The van der Waals surface area contributed by atoms with E-state index in [0.717, 1.165) is 31.2 Å². The van der Waals surface area contributed by atoms with Crippen molar-refractivity contribution in [3.8, 4) is 0 Å². The molecule has 0 spiro atoms. The second-order valence-electron chi connectivity index (χ2n) is 4.17. The molecule has 0 saturated carbocycles. The predicted octanol–water partition coefficient (Wildman–Crippen LogP) is 3.43. The van der Waals surface area contributed by atoms with Gasteiger partial charge in [0.2, 0.25) is 0 Å². The lowest BCUT2D eigenvalue weighted by Crippen LogP contribution is -2.05. The smallest absolute Gasteiger partial charge is 0.122 e. The molecule has 0 radical (unpaired) electrons. The first-order valence-electron chi connectivity index (χ1n) is 5.77. The second kappa shape index (κ2) is 7.41. The van der Waals surface area contributed by atoms with Gasteiger partial charge in [0.1, 0.15) is 6.29 Å². The summed E-state index contributed by atoms with van der Waals surface area (Å²) in [5, 5.41) is 0.665. The molecule has 0 N–H and O–H groups in total. The minimum Gasteiger partial charge on any atom is -0.375 e. The fourth-order valence-electron chi connectivity index (χ4n) is 1.68. The zero-order valence-corrected chi connectivity index (χ0v) is 11.0. The largest absolute Gasteiger partial charge is 0.375 e. The molecule has 1 aromatic rings. The van der Waals surface area contributed by atoms with E-state index in [-0.39, 0.29) is 12.0 Å². The van der Waals surface area contributed by atoms with Crippen LogP contribution in [0.4, 0.5) is 0 Å². The number of hydrogen-bond donors (Lipinski definition) is 0. The van der Waals surface area contributed by atoms with Gasteiger partial charge in [0, 0.05) is 24.2 Å². The molecule has 0 aromatic carbocycles. The summed E-state index contributed by atoms with van der Waals surface area (Å²) in [6, 6.07) is 3.56. The number of rotatable bonds is 7. The van der Waals surface area contributed by atoms with E-state index >= 15 is 0 Å². The van der Waals surface area contributed by atoms with Crippen molar-refractivity contribution in [3.05, 3.63) is 29.0 Å². The molecule has 1 heterocycles. The number of aldehydes is 1. The molecule has 0 fully saturated rings. The van der Waals surface area contributed by atoms with E-state index in [0.29, 0.717) is 5.02 Å². The topological polar surface area (TPSA) is 39.2 Å². The molecule has 2 atom stereocenters. The summed E-state index contributed by atoms with van der Waals surface area (Å²) in [7, 11) is 1.66. The third-order valence-corrected chi connectivity index (χ3v) is 2.95. The standard InChI is InChI=1S/C13H18ClNO2/c1-10(9-16)4-3-5-13(17-2)12-8-11(14)6-7-15-12/h6-10,13H,3-5H2,1-2H3. The molecule has 3 nitrogen and oxygen atoms in total. The monoisotopic (exact) mass is 255 g/mol. The number of aromatic nitrogens is 1. The Morgan fingerprint density at radius 2 is 2.29 bits per heavy atom. The van der Waals surface area contributed by atoms with Gasteiger partial charge in [-0.3, -0.25) is 4.98 Å². The fourth-order valence-corrected chi connectivity index (χ4v) is 1.85. The zero-order valence-electron chi connectivity index (χ0n) is 10.2. The van der Waals surface area contributed by atoms with E-state index in [9.17, 15) is 4.79 Å². The van der Waals surface area contributed by atoms with Crippen LogP contribution in [-0.2, 0) is 9.53 Å². The highest BCUT2D eigenvalue weighted by molar-refractivity contribution is 6.30. The number of methoxy groups -OCH3 is 1. The van der Waals surface area contributed by atoms with Gasteiger partial charge in [0.15, 0.2) is 0 Å². The molecule has 0 saturated heterocycles. The number of pyridine rings is 1. The van der Waals surface area contributed by atoms with E-state index in [1.54, 1.807) is 19.4 Å². The quantitative estimate of drug-likeness (QED) is 0.701. The maximum Gasteiger partial charge on any atom is 0.122 e. The first-order chi connectivity index (χ1) is 8.17. The van der Waals surface area contributed by atoms with Crippen LogP contribution in [0.1, 0.15) is 38.0 Å². The molecule has 0 aliphatic heterocycles. The molecule has 17 heavy (non-hydrogen) atoms. The van der Waals surface area contributed by atoms with Crippen LogP contribution in [0.25, 0.3) is 0 Å². The molecule has 0 bridgehead atoms. The van der Waals surface area contributed by atoms with E-state index < -0.39 is 0 Å². The van der Waals surface area contributed by atoms with Gasteiger partial charge in [0.05, 0.1) is 11.8 Å². The third-order valence-electron chi connectivity index (χ3n) is 2.72. The van der Waals surface area contributed by atoms with Crippen LogP contribution >= 0.6 is 11.6 Å². The molecule has 1 rings (SSSR count). The third kappa shape index (κ3) is 4.84. The Bertz CT molecular complexity index is 357. The highest BCUT2D eigenvalue weighted by Gasteiger charge is 2.12. The van der Waals surface area contributed by atoms with Crippen molar-refractivity contribution in [2.75, 3.05) is 7.11 Å². The Morgan fingerprint density at radius 3 is 2.88 bits per heavy atom. The van der Waals surface area contributed by atoms with Crippen LogP contribution in [0.3, 0.4) is 0 Å².